The fraction of sp³-hybridized carbons (Fsp3) is 0.455. The van der Waals surface area contributed by atoms with Gasteiger partial charge in [0.1, 0.15) is 0 Å². The molecule has 2 aromatic carbocycles. The second kappa shape index (κ2) is 8.03. The van der Waals surface area contributed by atoms with E-state index >= 15 is 0 Å². The van der Waals surface area contributed by atoms with Crippen molar-refractivity contribution in [2.45, 2.75) is 25.4 Å². The van der Waals surface area contributed by atoms with E-state index < -0.39 is 0 Å². The first-order valence-electron chi connectivity index (χ1n) is 9.69. The lowest BCUT2D eigenvalue weighted by Gasteiger charge is -2.44. The number of piperazine rings is 1. The molecule has 2 aliphatic heterocycles. The number of para-hydroxylation sites is 1. The van der Waals surface area contributed by atoms with Crippen LogP contribution in [0.25, 0.3) is 0 Å². The summed E-state index contributed by atoms with van der Waals surface area (Å²) in [4.78, 5) is 7.91. The van der Waals surface area contributed by atoms with E-state index in [9.17, 15) is 0 Å². The first kappa shape index (κ1) is 16.6. The molecule has 0 bridgehead atoms. The zero-order chi connectivity index (χ0) is 16.9. The standard InChI is InChI=1S/C22H29N3/c1-3-8-20(9-4-1)18-23-13-7-12-22(19-23)25-16-14-24(15-17-25)21-10-5-2-6-11-21/h1-6,8-11,22H,7,12-19H2. The summed E-state index contributed by atoms with van der Waals surface area (Å²) in [6, 6.07) is 22.5. The van der Waals surface area contributed by atoms with Gasteiger partial charge >= 0.3 is 0 Å². The average Bonchev–Trinajstić information content (AvgIpc) is 2.70. The fourth-order valence-corrected chi connectivity index (χ4v) is 4.30. The Labute approximate surface area is 151 Å². The molecule has 2 aromatic rings. The summed E-state index contributed by atoms with van der Waals surface area (Å²) in [5.74, 6) is 0. The van der Waals surface area contributed by atoms with Crippen LogP contribution >= 0.6 is 0 Å². The topological polar surface area (TPSA) is 9.72 Å². The number of benzene rings is 2. The zero-order valence-electron chi connectivity index (χ0n) is 15.1. The van der Waals surface area contributed by atoms with Gasteiger partial charge in [-0.15, -0.1) is 0 Å². The van der Waals surface area contributed by atoms with Crippen LogP contribution in [-0.4, -0.2) is 55.1 Å². The van der Waals surface area contributed by atoms with Gasteiger partial charge in [0.2, 0.25) is 0 Å². The second-order valence-electron chi connectivity index (χ2n) is 7.38. The van der Waals surface area contributed by atoms with Crippen molar-refractivity contribution < 1.29 is 0 Å². The lowest BCUT2D eigenvalue weighted by atomic mass is 10.0. The van der Waals surface area contributed by atoms with E-state index in [1.54, 1.807) is 0 Å². The van der Waals surface area contributed by atoms with Crippen LogP contribution in [0.4, 0.5) is 5.69 Å². The molecular weight excluding hydrogens is 306 g/mol. The molecule has 1 atom stereocenters. The van der Waals surface area contributed by atoms with Crippen LogP contribution in [0.15, 0.2) is 60.7 Å². The molecule has 3 nitrogen and oxygen atoms in total. The zero-order valence-corrected chi connectivity index (χ0v) is 15.1. The molecule has 0 N–H and O–H groups in total. The highest BCUT2D eigenvalue weighted by Crippen LogP contribution is 2.21. The molecule has 2 aliphatic rings. The summed E-state index contributed by atoms with van der Waals surface area (Å²) in [6.07, 6.45) is 2.69. The quantitative estimate of drug-likeness (QED) is 0.847. The van der Waals surface area contributed by atoms with Crippen LogP contribution in [0.5, 0.6) is 0 Å². The van der Waals surface area contributed by atoms with E-state index in [0.717, 1.165) is 25.7 Å². The van der Waals surface area contributed by atoms with Gasteiger partial charge in [0, 0.05) is 51.0 Å². The van der Waals surface area contributed by atoms with Crippen LogP contribution in [0, 0.1) is 0 Å². The number of nitrogens with zero attached hydrogens (tertiary/aromatic N) is 3. The van der Waals surface area contributed by atoms with Gasteiger partial charge in [-0.05, 0) is 37.1 Å². The molecule has 1 unspecified atom stereocenters. The summed E-state index contributed by atoms with van der Waals surface area (Å²) < 4.78 is 0. The van der Waals surface area contributed by atoms with E-state index in [1.165, 1.54) is 50.3 Å². The predicted molar refractivity (Wildman–Crippen MR) is 105 cm³/mol. The third kappa shape index (κ3) is 4.23. The molecule has 2 saturated heterocycles. The molecule has 3 heteroatoms. The first-order valence-corrected chi connectivity index (χ1v) is 9.69. The highest BCUT2D eigenvalue weighted by molar-refractivity contribution is 5.46. The lowest BCUT2D eigenvalue weighted by molar-refractivity contribution is 0.0888. The minimum absolute atomic E-state index is 0.732. The largest absolute Gasteiger partial charge is 0.369 e. The van der Waals surface area contributed by atoms with Crippen LogP contribution in [0.1, 0.15) is 18.4 Å². The molecule has 0 saturated carbocycles. The van der Waals surface area contributed by atoms with Crippen molar-refractivity contribution in [3.05, 3.63) is 66.2 Å². The lowest BCUT2D eigenvalue weighted by Crippen LogP contribution is -2.55. The Morgan fingerprint density at radius 3 is 2.16 bits per heavy atom. The Bertz CT molecular complexity index is 635. The molecule has 132 valence electrons. The highest BCUT2D eigenvalue weighted by atomic mass is 15.3. The van der Waals surface area contributed by atoms with Crippen molar-refractivity contribution in [1.29, 1.82) is 0 Å². The summed E-state index contributed by atoms with van der Waals surface area (Å²) in [5.41, 5.74) is 2.81. The Morgan fingerprint density at radius 1 is 0.760 bits per heavy atom. The van der Waals surface area contributed by atoms with Gasteiger partial charge in [0.25, 0.3) is 0 Å². The van der Waals surface area contributed by atoms with E-state index in [0.29, 0.717) is 0 Å². The molecule has 0 radical (unpaired) electrons. The van der Waals surface area contributed by atoms with Gasteiger partial charge in [-0.3, -0.25) is 9.80 Å². The minimum atomic E-state index is 0.732. The fourth-order valence-electron chi connectivity index (χ4n) is 4.30. The Hall–Kier alpha value is -1.84. The summed E-state index contributed by atoms with van der Waals surface area (Å²) in [6.45, 7) is 8.26. The van der Waals surface area contributed by atoms with E-state index in [2.05, 4.69) is 75.4 Å². The molecular formula is C22H29N3. The number of hydrogen-bond donors (Lipinski definition) is 0. The Morgan fingerprint density at radius 2 is 1.44 bits per heavy atom. The first-order chi connectivity index (χ1) is 12.4. The third-order valence-corrected chi connectivity index (χ3v) is 5.68. The minimum Gasteiger partial charge on any atom is -0.369 e. The molecule has 0 spiro atoms. The van der Waals surface area contributed by atoms with Crippen molar-refractivity contribution in [3.63, 3.8) is 0 Å². The molecule has 2 fully saturated rings. The smallest absolute Gasteiger partial charge is 0.0367 e. The van der Waals surface area contributed by atoms with Crippen molar-refractivity contribution in [1.82, 2.24) is 9.80 Å². The normalized spacial score (nSPS) is 22.9. The number of piperidine rings is 1. The van der Waals surface area contributed by atoms with E-state index in [-0.39, 0.29) is 0 Å². The molecule has 25 heavy (non-hydrogen) atoms. The summed E-state index contributed by atoms with van der Waals surface area (Å²) in [5, 5.41) is 0. The average molecular weight is 335 g/mol. The van der Waals surface area contributed by atoms with Gasteiger partial charge in [-0.2, -0.15) is 0 Å². The summed E-state index contributed by atoms with van der Waals surface area (Å²) in [7, 11) is 0. The van der Waals surface area contributed by atoms with E-state index in [4.69, 9.17) is 0 Å². The van der Waals surface area contributed by atoms with Crippen molar-refractivity contribution in [2.24, 2.45) is 0 Å². The van der Waals surface area contributed by atoms with Crippen LogP contribution in [0.3, 0.4) is 0 Å². The number of likely N-dealkylation sites (tertiary alicyclic amines) is 1. The summed E-state index contributed by atoms with van der Waals surface area (Å²) >= 11 is 0. The van der Waals surface area contributed by atoms with Crippen molar-refractivity contribution in [3.8, 4) is 0 Å². The number of rotatable bonds is 4. The molecule has 0 aromatic heterocycles. The highest BCUT2D eigenvalue weighted by Gasteiger charge is 2.28. The number of hydrogen-bond acceptors (Lipinski definition) is 3. The maximum atomic E-state index is 2.73. The van der Waals surface area contributed by atoms with Gasteiger partial charge in [0.05, 0.1) is 0 Å². The van der Waals surface area contributed by atoms with Crippen molar-refractivity contribution in [2.75, 3.05) is 44.2 Å². The number of anilines is 1. The van der Waals surface area contributed by atoms with Crippen LogP contribution < -0.4 is 4.90 Å². The monoisotopic (exact) mass is 335 g/mol. The third-order valence-electron chi connectivity index (χ3n) is 5.68. The molecule has 0 amide bonds. The molecule has 0 aliphatic carbocycles. The predicted octanol–water partition coefficient (Wildman–Crippen LogP) is 3.47. The van der Waals surface area contributed by atoms with Gasteiger partial charge in [0.15, 0.2) is 0 Å². The van der Waals surface area contributed by atoms with Crippen molar-refractivity contribution >= 4 is 5.69 Å². The SMILES string of the molecule is c1ccc(CN2CCCC(N3CCN(c4ccccc4)CC3)C2)cc1. The van der Waals surface area contributed by atoms with Crippen LogP contribution in [-0.2, 0) is 6.54 Å². The Balaban J connectivity index is 1.30. The van der Waals surface area contributed by atoms with Gasteiger partial charge < -0.3 is 4.90 Å². The van der Waals surface area contributed by atoms with Gasteiger partial charge in [-0.25, -0.2) is 0 Å². The molecule has 2 heterocycles. The maximum absolute atomic E-state index is 2.73. The van der Waals surface area contributed by atoms with Crippen LogP contribution in [0.2, 0.25) is 0 Å². The molecule has 4 rings (SSSR count). The van der Waals surface area contributed by atoms with E-state index in [1.807, 2.05) is 0 Å². The Kier molecular flexibility index (Phi) is 5.34. The second-order valence-corrected chi connectivity index (χ2v) is 7.38. The maximum Gasteiger partial charge on any atom is 0.0367 e. The van der Waals surface area contributed by atoms with Gasteiger partial charge in [-0.1, -0.05) is 48.5 Å².